The van der Waals surface area contributed by atoms with E-state index in [2.05, 4.69) is 15.4 Å². The van der Waals surface area contributed by atoms with Crippen molar-refractivity contribution in [1.29, 1.82) is 0 Å². The molecule has 2 heterocycles. The van der Waals surface area contributed by atoms with E-state index < -0.39 is 57.8 Å². The molecule has 1 aliphatic rings. The zero-order chi connectivity index (χ0) is 31.3. The fourth-order valence-electron chi connectivity index (χ4n) is 4.67. The maximum absolute atomic E-state index is 14.9. The van der Waals surface area contributed by atoms with E-state index in [-0.39, 0.29) is 35.3 Å². The molecule has 1 atom stereocenters. The van der Waals surface area contributed by atoms with Gasteiger partial charge in [0.25, 0.3) is 5.91 Å². The van der Waals surface area contributed by atoms with Crippen LogP contribution in [0.1, 0.15) is 47.4 Å². The van der Waals surface area contributed by atoms with E-state index in [0.717, 1.165) is 18.9 Å². The smallest absolute Gasteiger partial charge is 0.424 e. The molecule has 2 N–H and O–H groups in total. The van der Waals surface area contributed by atoms with Crippen molar-refractivity contribution < 1.29 is 41.3 Å². The Morgan fingerprint density at radius 3 is 2.51 bits per heavy atom. The number of halogens is 6. The number of hydrogen-bond acceptors (Lipinski definition) is 6. The van der Waals surface area contributed by atoms with E-state index in [1.54, 1.807) is 17.8 Å². The second kappa shape index (κ2) is 11.3. The van der Waals surface area contributed by atoms with Crippen LogP contribution in [0, 0.1) is 18.6 Å². The molecule has 0 saturated heterocycles. The van der Waals surface area contributed by atoms with Crippen LogP contribution in [0.15, 0.2) is 36.5 Å². The van der Waals surface area contributed by atoms with Crippen LogP contribution in [0.25, 0.3) is 22.2 Å². The number of ether oxygens (including phenoxy) is 2. The third-order valence-corrected chi connectivity index (χ3v) is 7.39. The average molecular weight is 625 g/mol. The second-order valence-electron chi connectivity index (χ2n) is 10.2. The maximum atomic E-state index is 14.9. The van der Waals surface area contributed by atoms with Gasteiger partial charge in [0.2, 0.25) is 5.60 Å². The molecule has 8 nitrogen and oxygen atoms in total. The topological polar surface area (TPSA) is 98.5 Å². The molecule has 0 bridgehead atoms. The Hall–Kier alpha value is -3.97. The van der Waals surface area contributed by atoms with Crippen LogP contribution in [0.5, 0.6) is 11.5 Å². The number of pyridine rings is 1. The maximum Gasteiger partial charge on any atom is 0.424 e. The largest absolute Gasteiger partial charge is 0.494 e. The van der Waals surface area contributed by atoms with Gasteiger partial charge in [0, 0.05) is 22.7 Å². The zero-order valence-electron chi connectivity index (χ0n) is 23.2. The standard InChI is InChI=1S/C29H26ClF5N4O4/c1-4-43-26-14(2)7-23(37-25(26)18-10-21(32)19(30)11-20(18)31)28(41,29(33,34)35)13-36-27(40)15-8-16-12-39(17-5-6-17)38-24(16)22(9-15)42-3/h7-12,17,41H,4-6,13H2,1-3H3,(H,36,40)/t28-/m0/s1. The summed E-state index contributed by atoms with van der Waals surface area (Å²) in [6.07, 6.45) is -1.72. The predicted molar refractivity (Wildman–Crippen MR) is 147 cm³/mol. The van der Waals surface area contributed by atoms with Crippen molar-refractivity contribution in [3.05, 3.63) is 70.0 Å². The van der Waals surface area contributed by atoms with Crippen LogP contribution in [0.4, 0.5) is 22.0 Å². The van der Waals surface area contributed by atoms with E-state index in [1.807, 2.05) is 0 Å². The van der Waals surface area contributed by atoms with E-state index in [4.69, 9.17) is 21.1 Å². The summed E-state index contributed by atoms with van der Waals surface area (Å²) in [4.78, 5) is 17.0. The molecule has 0 aliphatic heterocycles. The minimum absolute atomic E-state index is 0.0273. The van der Waals surface area contributed by atoms with Crippen LogP contribution in [-0.2, 0) is 5.60 Å². The highest BCUT2D eigenvalue weighted by atomic mass is 35.5. The summed E-state index contributed by atoms with van der Waals surface area (Å²) in [6, 6.07) is 5.28. The summed E-state index contributed by atoms with van der Waals surface area (Å²) in [7, 11) is 1.38. The van der Waals surface area contributed by atoms with Gasteiger partial charge in [-0.2, -0.15) is 18.3 Å². The quantitative estimate of drug-likeness (QED) is 0.169. The summed E-state index contributed by atoms with van der Waals surface area (Å²) in [5.41, 5.74) is -5.21. The summed E-state index contributed by atoms with van der Waals surface area (Å²) in [5, 5.41) is 17.7. The highest BCUT2D eigenvalue weighted by Gasteiger charge is 2.56. The first kappa shape index (κ1) is 30.5. The van der Waals surface area contributed by atoms with Crippen molar-refractivity contribution in [2.75, 3.05) is 20.3 Å². The molecule has 0 radical (unpaired) electrons. The Bertz CT molecular complexity index is 1720. The first-order valence-corrected chi connectivity index (χ1v) is 13.6. The fraction of sp³-hybridized carbons (Fsp3) is 0.345. The van der Waals surface area contributed by atoms with Crippen LogP contribution < -0.4 is 14.8 Å². The minimum Gasteiger partial charge on any atom is -0.494 e. The number of fused-ring (bicyclic) bond motifs is 1. The van der Waals surface area contributed by atoms with Crippen molar-refractivity contribution in [2.24, 2.45) is 0 Å². The molecule has 1 fully saturated rings. The molecule has 14 heteroatoms. The molecule has 0 spiro atoms. The number of benzene rings is 2. The van der Waals surface area contributed by atoms with Crippen molar-refractivity contribution >= 4 is 28.4 Å². The summed E-state index contributed by atoms with van der Waals surface area (Å²) in [6.45, 7) is 1.62. The number of rotatable bonds is 9. The lowest BCUT2D eigenvalue weighted by molar-refractivity contribution is -0.265. The van der Waals surface area contributed by atoms with Crippen LogP contribution >= 0.6 is 11.6 Å². The lowest BCUT2D eigenvalue weighted by Crippen LogP contribution is -2.51. The Morgan fingerprint density at radius 1 is 1.16 bits per heavy atom. The minimum atomic E-state index is -5.36. The Morgan fingerprint density at radius 2 is 1.88 bits per heavy atom. The molecule has 43 heavy (non-hydrogen) atoms. The van der Waals surface area contributed by atoms with Gasteiger partial charge in [-0.15, -0.1) is 0 Å². The summed E-state index contributed by atoms with van der Waals surface area (Å²) >= 11 is 5.65. The molecular formula is C29H26ClF5N4O4. The van der Waals surface area contributed by atoms with Gasteiger partial charge in [-0.3, -0.25) is 9.48 Å². The highest BCUT2D eigenvalue weighted by molar-refractivity contribution is 6.30. The van der Waals surface area contributed by atoms with Crippen LogP contribution in [-0.4, -0.2) is 52.2 Å². The molecular weight excluding hydrogens is 599 g/mol. The summed E-state index contributed by atoms with van der Waals surface area (Å²) in [5.74, 6) is -2.92. The van der Waals surface area contributed by atoms with Gasteiger partial charge in [-0.05, 0) is 62.6 Å². The Labute approximate surface area is 247 Å². The van der Waals surface area contributed by atoms with Crippen LogP contribution in [0.3, 0.4) is 0 Å². The lowest BCUT2D eigenvalue weighted by Gasteiger charge is -2.31. The van der Waals surface area contributed by atoms with Gasteiger partial charge < -0.3 is 19.9 Å². The molecule has 1 aliphatic carbocycles. The number of aliphatic hydroxyl groups is 1. The number of nitrogens with zero attached hydrogens (tertiary/aromatic N) is 3. The second-order valence-corrected chi connectivity index (χ2v) is 10.6. The Balaban J connectivity index is 1.53. The van der Waals surface area contributed by atoms with Gasteiger partial charge in [-0.25, -0.2) is 13.8 Å². The fourth-order valence-corrected chi connectivity index (χ4v) is 4.82. The number of aromatic nitrogens is 3. The Kier molecular flexibility index (Phi) is 7.99. The summed E-state index contributed by atoms with van der Waals surface area (Å²) < 4.78 is 85.3. The van der Waals surface area contributed by atoms with E-state index in [9.17, 15) is 31.9 Å². The van der Waals surface area contributed by atoms with E-state index in [1.165, 1.54) is 26.2 Å². The van der Waals surface area contributed by atoms with Crippen LogP contribution in [0.2, 0.25) is 5.02 Å². The number of nitrogens with one attached hydrogen (secondary N) is 1. The number of aryl methyl sites for hydroxylation is 1. The van der Waals surface area contributed by atoms with Gasteiger partial charge in [0.1, 0.15) is 34.3 Å². The molecule has 1 amide bonds. The van der Waals surface area contributed by atoms with Crippen molar-refractivity contribution in [2.45, 2.75) is 44.5 Å². The van der Waals surface area contributed by atoms with Gasteiger partial charge >= 0.3 is 6.18 Å². The third kappa shape index (κ3) is 5.70. The molecule has 0 unspecified atom stereocenters. The molecule has 2 aromatic carbocycles. The molecule has 1 saturated carbocycles. The van der Waals surface area contributed by atoms with E-state index in [0.29, 0.717) is 23.0 Å². The molecule has 5 rings (SSSR count). The lowest BCUT2D eigenvalue weighted by atomic mass is 9.94. The number of carbonyl (C=O) groups excluding carboxylic acids is 1. The predicted octanol–water partition coefficient (Wildman–Crippen LogP) is 6.26. The normalized spacial score (nSPS) is 14.9. The van der Waals surface area contributed by atoms with Gasteiger partial charge in [0.05, 0.1) is 37.0 Å². The monoisotopic (exact) mass is 624 g/mol. The average Bonchev–Trinajstić information content (AvgIpc) is 3.71. The SMILES string of the molecule is CCOc1c(C)cc([C@@](O)(CNC(=O)c2cc(OC)c3nn(C4CC4)cc3c2)C(F)(F)F)nc1-c1cc(F)c(Cl)cc1F. The molecule has 228 valence electrons. The zero-order valence-corrected chi connectivity index (χ0v) is 23.9. The number of alkyl halides is 3. The number of hydrogen-bond donors (Lipinski definition) is 2. The third-order valence-electron chi connectivity index (χ3n) is 7.10. The first-order valence-electron chi connectivity index (χ1n) is 13.2. The van der Waals surface area contributed by atoms with Crippen molar-refractivity contribution in [3.63, 3.8) is 0 Å². The number of carbonyl (C=O) groups is 1. The molecule has 2 aromatic heterocycles. The molecule has 4 aromatic rings. The van der Waals surface area contributed by atoms with Crippen molar-refractivity contribution in [1.82, 2.24) is 20.1 Å². The van der Waals surface area contributed by atoms with Gasteiger partial charge in [0.15, 0.2) is 0 Å². The number of methoxy groups -OCH3 is 1. The first-order chi connectivity index (χ1) is 20.3. The van der Waals surface area contributed by atoms with E-state index >= 15 is 0 Å². The highest BCUT2D eigenvalue weighted by Crippen LogP contribution is 2.43. The van der Waals surface area contributed by atoms with Crippen molar-refractivity contribution in [3.8, 4) is 22.8 Å². The number of amides is 1. The van der Waals surface area contributed by atoms with Gasteiger partial charge in [-0.1, -0.05) is 11.6 Å².